The highest BCUT2D eigenvalue weighted by Gasteiger charge is 2.09. The average Bonchev–Trinajstić information content (AvgIpc) is 2.59. The molecule has 14 heavy (non-hydrogen) atoms. The predicted octanol–water partition coefficient (Wildman–Crippen LogP) is 2.98. The summed E-state index contributed by atoms with van der Waals surface area (Å²) in [7, 11) is 1.39. The van der Waals surface area contributed by atoms with Crippen molar-refractivity contribution in [3.63, 3.8) is 0 Å². The average molecular weight is 224 g/mol. The molecule has 72 valence electrons. The molecule has 0 spiro atoms. The summed E-state index contributed by atoms with van der Waals surface area (Å²) in [5.74, 6) is -0.285. The molecule has 0 aliphatic heterocycles. The van der Waals surface area contributed by atoms with Crippen molar-refractivity contribution >= 4 is 40.0 Å². The molecule has 0 N–H and O–H groups in total. The lowest BCUT2D eigenvalue weighted by Crippen LogP contribution is -1.96. The first-order valence-corrected chi connectivity index (χ1v) is 5.28. The Hall–Kier alpha value is -1.00. The van der Waals surface area contributed by atoms with Crippen LogP contribution in [0.15, 0.2) is 29.2 Å². The van der Waals surface area contributed by atoms with Crippen molar-refractivity contribution in [2.24, 2.45) is 0 Å². The lowest BCUT2D eigenvalue weighted by molar-refractivity contribution is 0.0606. The van der Waals surface area contributed by atoms with Crippen LogP contribution in [-0.2, 0) is 4.74 Å². The number of rotatable bonds is 1. The Morgan fingerprint density at radius 3 is 2.93 bits per heavy atom. The number of fused-ring (bicyclic) bond motifs is 1. The molecule has 0 unspecified atom stereocenters. The summed E-state index contributed by atoms with van der Waals surface area (Å²) in [6.07, 6.45) is 0. The van der Waals surface area contributed by atoms with E-state index in [1.54, 1.807) is 0 Å². The SMILES string of the molecule is COC(=O)c1cc2cc(S)ccc2s1. The fourth-order valence-corrected chi connectivity index (χ4v) is 2.41. The Kier molecular flexibility index (Phi) is 2.48. The van der Waals surface area contributed by atoms with Gasteiger partial charge in [0.25, 0.3) is 0 Å². The van der Waals surface area contributed by atoms with Crippen molar-refractivity contribution in [2.45, 2.75) is 4.90 Å². The highest BCUT2D eigenvalue weighted by atomic mass is 32.1. The third kappa shape index (κ3) is 1.63. The van der Waals surface area contributed by atoms with Gasteiger partial charge in [0.05, 0.1) is 7.11 Å². The van der Waals surface area contributed by atoms with Gasteiger partial charge in [-0.3, -0.25) is 0 Å². The van der Waals surface area contributed by atoms with Crippen LogP contribution in [0.5, 0.6) is 0 Å². The fourth-order valence-electron chi connectivity index (χ4n) is 1.23. The smallest absolute Gasteiger partial charge is 0.348 e. The lowest BCUT2D eigenvalue weighted by atomic mass is 10.2. The van der Waals surface area contributed by atoms with Crippen LogP contribution >= 0.6 is 24.0 Å². The van der Waals surface area contributed by atoms with E-state index in [0.717, 1.165) is 15.0 Å². The molecular formula is C10H8O2S2. The van der Waals surface area contributed by atoms with E-state index in [1.807, 2.05) is 24.3 Å². The van der Waals surface area contributed by atoms with E-state index in [2.05, 4.69) is 17.4 Å². The number of hydrogen-bond donors (Lipinski definition) is 1. The number of carbonyl (C=O) groups is 1. The van der Waals surface area contributed by atoms with Gasteiger partial charge >= 0.3 is 5.97 Å². The minimum atomic E-state index is -0.285. The predicted molar refractivity (Wildman–Crippen MR) is 60.4 cm³/mol. The zero-order valence-electron chi connectivity index (χ0n) is 7.48. The highest BCUT2D eigenvalue weighted by molar-refractivity contribution is 7.80. The zero-order chi connectivity index (χ0) is 10.1. The summed E-state index contributed by atoms with van der Waals surface area (Å²) < 4.78 is 5.72. The monoisotopic (exact) mass is 224 g/mol. The second kappa shape index (κ2) is 3.63. The maximum Gasteiger partial charge on any atom is 0.348 e. The van der Waals surface area contributed by atoms with Gasteiger partial charge in [-0.1, -0.05) is 0 Å². The van der Waals surface area contributed by atoms with Crippen LogP contribution in [0.25, 0.3) is 10.1 Å². The third-order valence-corrected chi connectivity index (χ3v) is 3.26. The Balaban J connectivity index is 2.56. The molecule has 0 aliphatic rings. The summed E-state index contributed by atoms with van der Waals surface area (Å²) in [6.45, 7) is 0. The van der Waals surface area contributed by atoms with Crippen LogP contribution in [0.1, 0.15) is 9.67 Å². The van der Waals surface area contributed by atoms with E-state index in [1.165, 1.54) is 18.4 Å². The minimum absolute atomic E-state index is 0.285. The molecule has 0 aliphatic carbocycles. The molecule has 1 heterocycles. The van der Waals surface area contributed by atoms with Gasteiger partial charge in [0.15, 0.2) is 0 Å². The molecule has 0 amide bonds. The van der Waals surface area contributed by atoms with E-state index in [-0.39, 0.29) is 5.97 Å². The Bertz CT molecular complexity index is 488. The number of methoxy groups -OCH3 is 1. The minimum Gasteiger partial charge on any atom is -0.465 e. The van der Waals surface area contributed by atoms with E-state index >= 15 is 0 Å². The van der Waals surface area contributed by atoms with Crippen molar-refractivity contribution in [3.05, 3.63) is 29.1 Å². The third-order valence-electron chi connectivity index (χ3n) is 1.89. The van der Waals surface area contributed by atoms with Crippen LogP contribution < -0.4 is 0 Å². The lowest BCUT2D eigenvalue weighted by Gasteiger charge is -1.90. The maximum atomic E-state index is 11.2. The standard InChI is InChI=1S/C10H8O2S2/c1-12-10(11)9-5-6-4-7(13)2-3-8(6)14-9/h2-5,13H,1H3. The number of thiol groups is 1. The topological polar surface area (TPSA) is 26.3 Å². The fraction of sp³-hybridized carbons (Fsp3) is 0.100. The van der Waals surface area contributed by atoms with Gasteiger partial charge < -0.3 is 4.74 Å². The summed E-state index contributed by atoms with van der Waals surface area (Å²) in [4.78, 5) is 12.8. The van der Waals surface area contributed by atoms with Crippen molar-refractivity contribution in [1.29, 1.82) is 0 Å². The summed E-state index contributed by atoms with van der Waals surface area (Å²) in [6, 6.07) is 7.62. The molecule has 1 aromatic carbocycles. The van der Waals surface area contributed by atoms with Gasteiger partial charge in [0.2, 0.25) is 0 Å². The van der Waals surface area contributed by atoms with Crippen LogP contribution in [-0.4, -0.2) is 13.1 Å². The number of carbonyl (C=O) groups excluding carboxylic acids is 1. The van der Waals surface area contributed by atoms with Crippen molar-refractivity contribution in [3.8, 4) is 0 Å². The number of hydrogen-bond acceptors (Lipinski definition) is 4. The molecule has 1 aromatic heterocycles. The molecule has 2 aromatic rings. The summed E-state index contributed by atoms with van der Waals surface area (Å²) in [5, 5.41) is 1.03. The summed E-state index contributed by atoms with van der Waals surface area (Å²) in [5.41, 5.74) is 0. The largest absolute Gasteiger partial charge is 0.465 e. The Morgan fingerprint density at radius 2 is 2.21 bits per heavy atom. The van der Waals surface area contributed by atoms with Gasteiger partial charge in [-0.25, -0.2) is 4.79 Å². The number of thiophene rings is 1. The van der Waals surface area contributed by atoms with E-state index in [0.29, 0.717) is 4.88 Å². The van der Waals surface area contributed by atoms with Crippen molar-refractivity contribution in [2.75, 3.05) is 7.11 Å². The molecule has 0 atom stereocenters. The van der Waals surface area contributed by atoms with Gasteiger partial charge in [-0.2, -0.15) is 0 Å². The molecular weight excluding hydrogens is 216 g/mol. The molecule has 0 bridgehead atoms. The first kappa shape index (κ1) is 9.55. The second-order valence-electron chi connectivity index (χ2n) is 2.82. The van der Waals surface area contributed by atoms with Crippen LogP contribution in [0.3, 0.4) is 0 Å². The quantitative estimate of drug-likeness (QED) is 0.595. The molecule has 2 rings (SSSR count). The molecule has 0 fully saturated rings. The zero-order valence-corrected chi connectivity index (χ0v) is 9.19. The molecule has 2 nitrogen and oxygen atoms in total. The van der Waals surface area contributed by atoms with Gasteiger partial charge in [-0.05, 0) is 29.7 Å². The van der Waals surface area contributed by atoms with Crippen LogP contribution in [0.2, 0.25) is 0 Å². The molecule has 0 saturated heterocycles. The highest BCUT2D eigenvalue weighted by Crippen LogP contribution is 2.27. The number of esters is 1. The van der Waals surface area contributed by atoms with Crippen LogP contribution in [0, 0.1) is 0 Å². The first-order valence-electron chi connectivity index (χ1n) is 4.01. The summed E-state index contributed by atoms with van der Waals surface area (Å²) >= 11 is 5.66. The second-order valence-corrected chi connectivity index (χ2v) is 4.42. The number of benzene rings is 1. The number of ether oxygens (including phenoxy) is 1. The van der Waals surface area contributed by atoms with Gasteiger partial charge in [0.1, 0.15) is 4.88 Å². The maximum absolute atomic E-state index is 11.2. The molecule has 0 saturated carbocycles. The van der Waals surface area contributed by atoms with E-state index in [4.69, 9.17) is 0 Å². The normalized spacial score (nSPS) is 10.4. The molecule has 0 radical (unpaired) electrons. The Morgan fingerprint density at radius 1 is 1.43 bits per heavy atom. The first-order chi connectivity index (χ1) is 6.70. The van der Waals surface area contributed by atoms with Gasteiger partial charge in [0, 0.05) is 9.60 Å². The van der Waals surface area contributed by atoms with Gasteiger partial charge in [-0.15, -0.1) is 24.0 Å². The molecule has 4 heteroatoms. The van der Waals surface area contributed by atoms with Crippen molar-refractivity contribution < 1.29 is 9.53 Å². The van der Waals surface area contributed by atoms with E-state index in [9.17, 15) is 4.79 Å². The van der Waals surface area contributed by atoms with Crippen LogP contribution in [0.4, 0.5) is 0 Å². The van der Waals surface area contributed by atoms with Crippen molar-refractivity contribution in [1.82, 2.24) is 0 Å². The Labute approximate surface area is 90.9 Å². The van der Waals surface area contributed by atoms with E-state index < -0.39 is 0 Å².